The van der Waals surface area contributed by atoms with Crippen LogP contribution in [0.4, 0.5) is 0 Å². The molecule has 3 aromatic rings. The van der Waals surface area contributed by atoms with Crippen molar-refractivity contribution >= 4 is 17.9 Å². The molecule has 0 spiro atoms. The number of carbonyl (C=O) groups excluding carboxylic acids is 3. The molecular formula is C35H40O7. The summed E-state index contributed by atoms with van der Waals surface area (Å²) >= 11 is 0. The lowest BCUT2D eigenvalue weighted by atomic mass is 10.1. The van der Waals surface area contributed by atoms with Crippen LogP contribution in [-0.2, 0) is 16.0 Å². The molecule has 0 saturated heterocycles. The number of ether oxygens (including phenoxy) is 4. The highest BCUT2D eigenvalue weighted by Gasteiger charge is 2.12. The smallest absolute Gasteiger partial charge is 0.343 e. The minimum absolute atomic E-state index is 0.332. The van der Waals surface area contributed by atoms with Gasteiger partial charge in [-0.1, -0.05) is 64.2 Å². The zero-order valence-corrected chi connectivity index (χ0v) is 24.3. The molecule has 3 aromatic carbocycles. The lowest BCUT2D eigenvalue weighted by Crippen LogP contribution is -2.10. The zero-order valence-electron chi connectivity index (χ0n) is 24.3. The van der Waals surface area contributed by atoms with Gasteiger partial charge in [0.2, 0.25) is 0 Å². The van der Waals surface area contributed by atoms with E-state index in [0.29, 0.717) is 41.6 Å². The van der Waals surface area contributed by atoms with E-state index in [0.717, 1.165) is 50.5 Å². The minimum Gasteiger partial charge on any atom is -0.494 e. The van der Waals surface area contributed by atoms with Crippen molar-refractivity contribution < 1.29 is 33.3 Å². The van der Waals surface area contributed by atoms with Crippen molar-refractivity contribution in [3.05, 3.63) is 102 Å². The molecule has 7 heteroatoms. The minimum atomic E-state index is -0.495. The normalized spacial score (nSPS) is 10.5. The summed E-state index contributed by atoms with van der Waals surface area (Å²) in [5.74, 6) is 0.181. The van der Waals surface area contributed by atoms with Crippen molar-refractivity contribution in [3.63, 3.8) is 0 Å². The summed E-state index contributed by atoms with van der Waals surface area (Å²) in [6, 6.07) is 20.5. The predicted octanol–water partition coefficient (Wildman–Crippen LogP) is 7.92. The summed E-state index contributed by atoms with van der Waals surface area (Å²) in [6.07, 6.45) is 10.8. The van der Waals surface area contributed by atoms with Crippen molar-refractivity contribution in [2.24, 2.45) is 0 Å². The molecule has 0 N–H and O–H groups in total. The van der Waals surface area contributed by atoms with Crippen molar-refractivity contribution in [2.45, 2.75) is 64.7 Å². The van der Waals surface area contributed by atoms with E-state index in [1.165, 1.54) is 18.9 Å². The van der Waals surface area contributed by atoms with E-state index in [-0.39, 0.29) is 5.97 Å². The molecular weight excluding hydrogens is 532 g/mol. The summed E-state index contributed by atoms with van der Waals surface area (Å²) in [5, 5.41) is 0. The number of carbonyl (C=O) groups is 3. The number of hydrogen-bond acceptors (Lipinski definition) is 7. The maximum atomic E-state index is 12.6. The molecule has 0 amide bonds. The van der Waals surface area contributed by atoms with Crippen LogP contribution in [0.25, 0.3) is 0 Å². The van der Waals surface area contributed by atoms with Crippen molar-refractivity contribution in [1.82, 2.24) is 0 Å². The zero-order chi connectivity index (χ0) is 30.0. The highest BCUT2D eigenvalue weighted by atomic mass is 16.5. The molecule has 0 aliphatic carbocycles. The average Bonchev–Trinajstić information content (AvgIpc) is 3.02. The SMILES string of the molecule is C=CC(=O)OCCCCCCCCCCOc1ccc(C(=O)Oc2ccc(C(=O)Oc3ccc(CC)cc3)cc2)cc1. The molecule has 222 valence electrons. The third-order valence-electron chi connectivity index (χ3n) is 6.65. The number of hydrogen-bond donors (Lipinski definition) is 0. The van der Waals surface area contributed by atoms with Crippen LogP contribution in [0.1, 0.15) is 84.6 Å². The Hall–Kier alpha value is -4.39. The van der Waals surface area contributed by atoms with E-state index < -0.39 is 11.9 Å². The van der Waals surface area contributed by atoms with Crippen LogP contribution < -0.4 is 14.2 Å². The van der Waals surface area contributed by atoms with Gasteiger partial charge in [0.25, 0.3) is 0 Å². The first-order valence-electron chi connectivity index (χ1n) is 14.6. The fraction of sp³-hybridized carbons (Fsp3) is 0.343. The molecule has 0 radical (unpaired) electrons. The molecule has 0 atom stereocenters. The Morgan fingerprint density at radius 1 is 0.595 bits per heavy atom. The van der Waals surface area contributed by atoms with Gasteiger partial charge in [-0.05, 0) is 85.5 Å². The van der Waals surface area contributed by atoms with E-state index >= 15 is 0 Å². The number of rotatable bonds is 18. The lowest BCUT2D eigenvalue weighted by molar-refractivity contribution is -0.137. The molecule has 42 heavy (non-hydrogen) atoms. The van der Waals surface area contributed by atoms with Crippen LogP contribution in [0.2, 0.25) is 0 Å². The standard InChI is InChI=1S/C35H40O7/c1-3-27-13-19-31(20-14-27)41-35(38)29-17-23-32(24-18-29)42-34(37)28-15-21-30(22-16-28)39-25-11-9-7-5-6-8-10-12-26-40-33(36)4-2/h4,13-24H,2-3,5-12,25-26H2,1H3. The van der Waals surface area contributed by atoms with Gasteiger partial charge >= 0.3 is 17.9 Å². The fourth-order valence-corrected chi connectivity index (χ4v) is 4.16. The topological polar surface area (TPSA) is 88.1 Å². The summed E-state index contributed by atoms with van der Waals surface area (Å²) in [5.41, 5.74) is 1.92. The first-order valence-corrected chi connectivity index (χ1v) is 14.6. The van der Waals surface area contributed by atoms with Crippen molar-refractivity contribution in [1.29, 1.82) is 0 Å². The van der Waals surface area contributed by atoms with Gasteiger partial charge in [-0.15, -0.1) is 0 Å². The number of aryl methyl sites for hydroxylation is 1. The molecule has 0 aliphatic heterocycles. The molecule has 0 fully saturated rings. The maximum absolute atomic E-state index is 12.6. The van der Waals surface area contributed by atoms with Gasteiger partial charge in [-0.3, -0.25) is 0 Å². The Bertz CT molecular complexity index is 1260. The number of benzene rings is 3. The number of esters is 3. The predicted molar refractivity (Wildman–Crippen MR) is 162 cm³/mol. The average molecular weight is 573 g/mol. The van der Waals surface area contributed by atoms with Gasteiger partial charge in [-0.25, -0.2) is 14.4 Å². The Morgan fingerprint density at radius 2 is 1.02 bits per heavy atom. The first-order chi connectivity index (χ1) is 20.5. The quantitative estimate of drug-likeness (QED) is 0.0662. The Kier molecular flexibility index (Phi) is 13.9. The van der Waals surface area contributed by atoms with Gasteiger partial charge in [0.1, 0.15) is 17.2 Å². The first kappa shape index (κ1) is 32.1. The number of unbranched alkanes of at least 4 members (excludes halogenated alkanes) is 7. The van der Waals surface area contributed by atoms with Gasteiger partial charge in [0, 0.05) is 6.08 Å². The highest BCUT2D eigenvalue weighted by Crippen LogP contribution is 2.19. The molecule has 0 aliphatic rings. The molecule has 0 aromatic heterocycles. The van der Waals surface area contributed by atoms with Gasteiger partial charge < -0.3 is 18.9 Å². The second-order valence-electron chi connectivity index (χ2n) is 9.87. The summed E-state index contributed by atoms with van der Waals surface area (Å²) < 4.78 is 21.6. The van der Waals surface area contributed by atoms with Crippen LogP contribution in [0.5, 0.6) is 17.2 Å². The van der Waals surface area contributed by atoms with Crippen LogP contribution >= 0.6 is 0 Å². The Balaban J connectivity index is 1.29. The third-order valence-corrected chi connectivity index (χ3v) is 6.65. The van der Waals surface area contributed by atoms with Crippen LogP contribution in [0.3, 0.4) is 0 Å². The summed E-state index contributed by atoms with van der Waals surface area (Å²) in [4.78, 5) is 35.9. The van der Waals surface area contributed by atoms with Crippen LogP contribution in [0, 0.1) is 0 Å². The van der Waals surface area contributed by atoms with Crippen LogP contribution in [0.15, 0.2) is 85.5 Å². The summed E-state index contributed by atoms with van der Waals surface area (Å²) in [6.45, 7) is 6.53. The molecule has 7 nitrogen and oxygen atoms in total. The van der Waals surface area contributed by atoms with E-state index in [1.807, 2.05) is 12.1 Å². The van der Waals surface area contributed by atoms with Crippen molar-refractivity contribution in [3.8, 4) is 17.2 Å². The van der Waals surface area contributed by atoms with Gasteiger partial charge in [-0.2, -0.15) is 0 Å². The van der Waals surface area contributed by atoms with Crippen LogP contribution in [-0.4, -0.2) is 31.1 Å². The van der Waals surface area contributed by atoms with E-state index in [4.69, 9.17) is 18.9 Å². The molecule has 0 saturated carbocycles. The third kappa shape index (κ3) is 11.6. The Morgan fingerprint density at radius 3 is 1.50 bits per heavy atom. The van der Waals surface area contributed by atoms with E-state index in [9.17, 15) is 14.4 Å². The molecule has 0 unspecified atom stereocenters. The monoisotopic (exact) mass is 572 g/mol. The van der Waals surface area contributed by atoms with Gasteiger partial charge in [0.05, 0.1) is 24.3 Å². The maximum Gasteiger partial charge on any atom is 0.343 e. The second kappa shape index (κ2) is 18.1. The lowest BCUT2D eigenvalue weighted by Gasteiger charge is -2.08. The Labute approximate surface area is 248 Å². The fourth-order valence-electron chi connectivity index (χ4n) is 4.16. The summed E-state index contributed by atoms with van der Waals surface area (Å²) in [7, 11) is 0. The van der Waals surface area contributed by atoms with E-state index in [1.54, 1.807) is 60.7 Å². The largest absolute Gasteiger partial charge is 0.494 e. The van der Waals surface area contributed by atoms with E-state index in [2.05, 4.69) is 13.5 Å². The molecule has 3 rings (SSSR count). The van der Waals surface area contributed by atoms with Gasteiger partial charge in [0.15, 0.2) is 0 Å². The molecule has 0 heterocycles. The second-order valence-corrected chi connectivity index (χ2v) is 9.87. The molecule has 0 bridgehead atoms. The highest BCUT2D eigenvalue weighted by molar-refractivity contribution is 5.92. The van der Waals surface area contributed by atoms with Crippen molar-refractivity contribution in [2.75, 3.05) is 13.2 Å².